The van der Waals surface area contributed by atoms with E-state index in [4.69, 9.17) is 4.74 Å². The molecule has 0 radical (unpaired) electrons. The fourth-order valence-electron chi connectivity index (χ4n) is 2.17. The molecule has 0 spiro atoms. The zero-order valence-corrected chi connectivity index (χ0v) is 16.1. The lowest BCUT2D eigenvalue weighted by molar-refractivity contribution is -0.392. The van der Waals surface area contributed by atoms with Gasteiger partial charge in [-0.05, 0) is 24.3 Å². The average Bonchev–Trinajstić information content (AvgIpc) is 2.74. The van der Waals surface area contributed by atoms with Crippen LogP contribution < -0.4 is 14.8 Å². The number of carbonyl (C=O) groups excluding carboxylic acids is 1. The number of hydrogen-bond acceptors (Lipinski definition) is 3. The van der Waals surface area contributed by atoms with Crippen molar-refractivity contribution in [2.24, 2.45) is 0 Å². The Kier molecular flexibility index (Phi) is 7.38. The Labute approximate surface area is 182 Å². The highest BCUT2D eigenvalue weighted by Crippen LogP contribution is 2.55. The number of nitrogens with one attached hydrogen (secondary N) is 1. The first-order valence-electron chi connectivity index (χ1n) is 8.59. The van der Waals surface area contributed by atoms with Crippen LogP contribution in [0.3, 0.4) is 0 Å². The molecule has 2 aromatic rings. The van der Waals surface area contributed by atoms with Gasteiger partial charge in [-0.3, -0.25) is 5.32 Å². The van der Waals surface area contributed by atoms with E-state index < -0.39 is 53.3 Å². The SMILES string of the molecule is O=C(Nc1ccccc1OC(F)=C(F)C(F)(F)C(F)(F)C(F)(F)C(F)(F)F)Oc1ccccc1. The van der Waals surface area contributed by atoms with Crippen molar-refractivity contribution in [3.63, 3.8) is 0 Å². The van der Waals surface area contributed by atoms with Gasteiger partial charge in [0.25, 0.3) is 0 Å². The van der Waals surface area contributed by atoms with Crippen molar-refractivity contribution in [3.8, 4) is 11.5 Å². The molecule has 0 saturated heterocycles. The topological polar surface area (TPSA) is 47.6 Å². The Morgan fingerprint density at radius 1 is 0.706 bits per heavy atom. The maximum Gasteiger partial charge on any atom is 0.460 e. The van der Waals surface area contributed by atoms with Gasteiger partial charge >= 0.3 is 36.1 Å². The summed E-state index contributed by atoms with van der Waals surface area (Å²) in [6.45, 7) is 0. The molecule has 0 aromatic heterocycles. The second kappa shape index (κ2) is 9.38. The molecule has 0 heterocycles. The van der Waals surface area contributed by atoms with E-state index in [1.54, 1.807) is 6.07 Å². The van der Waals surface area contributed by atoms with Crippen LogP contribution in [0.1, 0.15) is 0 Å². The number of alkyl halides is 9. The smallest absolute Gasteiger partial charge is 0.427 e. The lowest BCUT2D eigenvalue weighted by Gasteiger charge is -2.32. The Morgan fingerprint density at radius 3 is 1.79 bits per heavy atom. The monoisotopic (exact) mass is 509 g/mol. The highest BCUT2D eigenvalue weighted by molar-refractivity contribution is 5.88. The van der Waals surface area contributed by atoms with Crippen molar-refractivity contribution in [2.45, 2.75) is 23.9 Å². The number of para-hydroxylation sites is 3. The lowest BCUT2D eigenvalue weighted by atomic mass is 10.0. The van der Waals surface area contributed by atoms with Crippen LogP contribution in [0.15, 0.2) is 66.4 Å². The van der Waals surface area contributed by atoms with Gasteiger partial charge in [0, 0.05) is 0 Å². The van der Waals surface area contributed by atoms with Crippen molar-refractivity contribution >= 4 is 11.8 Å². The van der Waals surface area contributed by atoms with E-state index in [2.05, 4.69) is 4.74 Å². The minimum atomic E-state index is -7.44. The van der Waals surface area contributed by atoms with E-state index in [-0.39, 0.29) is 5.75 Å². The van der Waals surface area contributed by atoms with E-state index >= 15 is 0 Å². The molecule has 186 valence electrons. The minimum Gasteiger partial charge on any atom is -0.427 e. The standard InChI is InChI=1S/C19H10F11NO3/c20-13(16(22,23)17(24,25)18(26,27)19(28,29)30)14(21)34-12-9-5-4-8-11(12)31-15(32)33-10-6-2-1-3-7-10/h1-9H,(H,31,32). The largest absolute Gasteiger partial charge is 0.460 e. The number of halogens is 11. The zero-order valence-electron chi connectivity index (χ0n) is 16.1. The van der Waals surface area contributed by atoms with Crippen molar-refractivity contribution in [3.05, 3.63) is 66.4 Å². The summed E-state index contributed by atoms with van der Waals surface area (Å²) in [5.74, 6) is -27.0. The third-order valence-corrected chi connectivity index (χ3v) is 3.87. The molecule has 0 unspecified atom stereocenters. The van der Waals surface area contributed by atoms with Crippen LogP contribution in [0.5, 0.6) is 11.5 Å². The molecule has 0 atom stereocenters. The molecule has 0 aliphatic heterocycles. The van der Waals surface area contributed by atoms with Gasteiger partial charge < -0.3 is 9.47 Å². The molecule has 0 bridgehead atoms. The van der Waals surface area contributed by atoms with Gasteiger partial charge in [0.15, 0.2) is 5.75 Å². The summed E-state index contributed by atoms with van der Waals surface area (Å²) in [6, 6.07) is 7.66. The fourth-order valence-corrected chi connectivity index (χ4v) is 2.17. The van der Waals surface area contributed by atoms with E-state index in [0.29, 0.717) is 6.07 Å². The first-order chi connectivity index (χ1) is 15.5. The van der Waals surface area contributed by atoms with Gasteiger partial charge in [-0.1, -0.05) is 30.3 Å². The molecule has 1 amide bonds. The van der Waals surface area contributed by atoms with Gasteiger partial charge in [-0.15, -0.1) is 0 Å². The molecule has 0 aliphatic rings. The van der Waals surface area contributed by atoms with Crippen LogP contribution in [0.25, 0.3) is 0 Å². The zero-order chi connectivity index (χ0) is 25.9. The molecule has 2 rings (SSSR count). The number of allylic oxidation sites excluding steroid dienone is 1. The van der Waals surface area contributed by atoms with Crippen molar-refractivity contribution in [1.82, 2.24) is 0 Å². The first kappa shape index (κ1) is 26.7. The maximum absolute atomic E-state index is 13.9. The third kappa shape index (κ3) is 5.17. The van der Waals surface area contributed by atoms with E-state index in [1.165, 1.54) is 24.3 Å². The molecule has 34 heavy (non-hydrogen) atoms. The highest BCUT2D eigenvalue weighted by Gasteiger charge is 2.83. The van der Waals surface area contributed by atoms with Gasteiger partial charge in [-0.2, -0.15) is 48.3 Å². The maximum atomic E-state index is 13.9. The predicted octanol–water partition coefficient (Wildman–Crippen LogP) is 7.25. The van der Waals surface area contributed by atoms with Crippen molar-refractivity contribution in [2.75, 3.05) is 5.32 Å². The second-order valence-electron chi connectivity index (χ2n) is 6.23. The number of anilines is 1. The van der Waals surface area contributed by atoms with E-state index in [9.17, 15) is 53.1 Å². The molecule has 15 heteroatoms. The average molecular weight is 509 g/mol. The molecule has 4 nitrogen and oxygen atoms in total. The van der Waals surface area contributed by atoms with E-state index in [0.717, 1.165) is 18.2 Å². The number of hydrogen-bond donors (Lipinski definition) is 1. The first-order valence-corrected chi connectivity index (χ1v) is 8.59. The third-order valence-electron chi connectivity index (χ3n) is 3.87. The van der Waals surface area contributed by atoms with Crippen LogP contribution in [-0.4, -0.2) is 30.0 Å². The summed E-state index contributed by atoms with van der Waals surface area (Å²) in [5.41, 5.74) is -0.609. The van der Waals surface area contributed by atoms with Gasteiger partial charge in [0.2, 0.25) is 5.83 Å². The van der Waals surface area contributed by atoms with Crippen molar-refractivity contribution in [1.29, 1.82) is 0 Å². The summed E-state index contributed by atoms with van der Waals surface area (Å²) >= 11 is 0. The molecule has 0 saturated carbocycles. The van der Waals surface area contributed by atoms with E-state index in [1.807, 2.05) is 5.32 Å². The molecule has 1 N–H and O–H groups in total. The quantitative estimate of drug-likeness (QED) is 0.316. The summed E-state index contributed by atoms with van der Waals surface area (Å²) in [5, 5.41) is 1.91. The predicted molar refractivity (Wildman–Crippen MR) is 93.3 cm³/mol. The second-order valence-corrected chi connectivity index (χ2v) is 6.23. The summed E-state index contributed by atoms with van der Waals surface area (Å²) in [4.78, 5) is 11.9. The Morgan fingerprint density at radius 2 is 1.24 bits per heavy atom. The minimum absolute atomic E-state index is 0.00277. The number of benzene rings is 2. The van der Waals surface area contributed by atoms with Gasteiger partial charge in [0.1, 0.15) is 5.75 Å². The van der Waals surface area contributed by atoms with Crippen LogP contribution in [0.4, 0.5) is 58.8 Å². The summed E-state index contributed by atoms with van der Waals surface area (Å²) < 4.78 is 152. The van der Waals surface area contributed by atoms with Gasteiger partial charge in [-0.25, -0.2) is 4.79 Å². The molecular weight excluding hydrogens is 499 g/mol. The van der Waals surface area contributed by atoms with Crippen LogP contribution in [0.2, 0.25) is 0 Å². The summed E-state index contributed by atoms with van der Waals surface area (Å²) in [6.07, 6.45) is -8.50. The lowest BCUT2D eigenvalue weighted by Crippen LogP contribution is -2.61. The normalized spacial score (nSPS) is 13.7. The molecule has 0 fully saturated rings. The Balaban J connectivity index is 2.31. The molecule has 0 aliphatic carbocycles. The molecular formula is C19H10F11NO3. The van der Waals surface area contributed by atoms with Crippen LogP contribution >= 0.6 is 0 Å². The highest BCUT2D eigenvalue weighted by atomic mass is 19.4. The number of carbonyl (C=O) groups is 1. The number of rotatable bonds is 7. The van der Waals surface area contributed by atoms with Gasteiger partial charge in [0.05, 0.1) is 5.69 Å². The Hall–Kier alpha value is -3.52. The summed E-state index contributed by atoms with van der Waals surface area (Å²) in [7, 11) is 0. The van der Waals surface area contributed by atoms with Crippen molar-refractivity contribution < 1.29 is 62.6 Å². The van der Waals surface area contributed by atoms with Crippen LogP contribution in [-0.2, 0) is 0 Å². The number of amides is 1. The Bertz CT molecular complexity index is 1050. The number of ether oxygens (including phenoxy) is 2. The fraction of sp³-hybridized carbons (Fsp3) is 0.211. The van der Waals surface area contributed by atoms with Crippen LogP contribution in [0, 0.1) is 0 Å². The molecule has 2 aromatic carbocycles.